The number of phenols is 1. The Bertz CT molecular complexity index is 648. The molecule has 1 aliphatic rings. The lowest BCUT2D eigenvalue weighted by atomic mass is 10.1. The maximum atomic E-state index is 11.7. The molecule has 21 heavy (non-hydrogen) atoms. The molecule has 1 aromatic carbocycles. The fourth-order valence-electron chi connectivity index (χ4n) is 1.76. The van der Waals surface area contributed by atoms with E-state index in [1.807, 2.05) is 0 Å². The SMILES string of the molecule is CC1(C)OC(=O)C(=Cc2ccc(C(=O)O)c(O)c2)C(=O)O1. The second-order valence-electron chi connectivity index (χ2n) is 4.82. The van der Waals surface area contributed by atoms with Crippen LogP contribution in [-0.2, 0) is 19.1 Å². The van der Waals surface area contributed by atoms with Crippen molar-refractivity contribution < 1.29 is 34.1 Å². The first-order valence-corrected chi connectivity index (χ1v) is 5.94. The van der Waals surface area contributed by atoms with Crippen LogP contribution in [0.15, 0.2) is 23.8 Å². The highest BCUT2D eigenvalue weighted by Crippen LogP contribution is 2.26. The Balaban J connectivity index is 2.36. The van der Waals surface area contributed by atoms with Crippen LogP contribution in [-0.4, -0.2) is 33.9 Å². The molecule has 0 saturated carbocycles. The smallest absolute Gasteiger partial charge is 0.348 e. The van der Waals surface area contributed by atoms with Crippen LogP contribution in [0.25, 0.3) is 6.08 Å². The Morgan fingerprint density at radius 2 is 1.76 bits per heavy atom. The number of aromatic hydroxyl groups is 1. The first-order valence-electron chi connectivity index (χ1n) is 5.94. The van der Waals surface area contributed by atoms with Gasteiger partial charge in [0, 0.05) is 13.8 Å². The van der Waals surface area contributed by atoms with Gasteiger partial charge in [0.2, 0.25) is 0 Å². The van der Waals surface area contributed by atoms with E-state index in [0.29, 0.717) is 0 Å². The van der Waals surface area contributed by atoms with Crippen molar-refractivity contribution in [3.63, 3.8) is 0 Å². The number of aromatic carboxylic acids is 1. The number of carbonyl (C=O) groups excluding carboxylic acids is 2. The highest BCUT2D eigenvalue weighted by Gasteiger charge is 2.38. The molecule has 2 rings (SSSR count). The van der Waals surface area contributed by atoms with Crippen LogP contribution in [0.1, 0.15) is 29.8 Å². The van der Waals surface area contributed by atoms with Gasteiger partial charge >= 0.3 is 17.9 Å². The number of ether oxygens (including phenoxy) is 2. The molecule has 7 nitrogen and oxygen atoms in total. The summed E-state index contributed by atoms with van der Waals surface area (Å²) in [5.41, 5.74) is -0.356. The Morgan fingerprint density at radius 3 is 2.24 bits per heavy atom. The molecule has 1 fully saturated rings. The number of carbonyl (C=O) groups is 3. The molecule has 7 heteroatoms. The van der Waals surface area contributed by atoms with E-state index in [-0.39, 0.29) is 16.7 Å². The Morgan fingerprint density at radius 1 is 1.19 bits per heavy atom. The van der Waals surface area contributed by atoms with Gasteiger partial charge in [-0.25, -0.2) is 14.4 Å². The van der Waals surface area contributed by atoms with Gasteiger partial charge in [-0.15, -0.1) is 0 Å². The first-order chi connectivity index (χ1) is 9.69. The van der Waals surface area contributed by atoms with Crippen molar-refractivity contribution >= 4 is 24.0 Å². The van der Waals surface area contributed by atoms with Crippen LogP contribution in [0.4, 0.5) is 0 Å². The van der Waals surface area contributed by atoms with Crippen molar-refractivity contribution in [3.05, 3.63) is 34.9 Å². The van der Waals surface area contributed by atoms with E-state index in [2.05, 4.69) is 0 Å². The number of benzene rings is 1. The third kappa shape index (κ3) is 3.02. The molecule has 0 aliphatic carbocycles. The van der Waals surface area contributed by atoms with Gasteiger partial charge < -0.3 is 19.7 Å². The van der Waals surface area contributed by atoms with Crippen molar-refractivity contribution in [2.24, 2.45) is 0 Å². The average molecular weight is 292 g/mol. The number of cyclic esters (lactones) is 2. The molecule has 0 unspecified atom stereocenters. The number of hydrogen-bond donors (Lipinski definition) is 2. The van der Waals surface area contributed by atoms with Gasteiger partial charge in [0.15, 0.2) is 0 Å². The lowest BCUT2D eigenvalue weighted by molar-refractivity contribution is -0.222. The first kappa shape index (κ1) is 14.6. The summed E-state index contributed by atoms with van der Waals surface area (Å²) in [7, 11) is 0. The Kier molecular flexibility index (Phi) is 3.42. The van der Waals surface area contributed by atoms with Crippen molar-refractivity contribution in [1.82, 2.24) is 0 Å². The number of rotatable bonds is 2. The van der Waals surface area contributed by atoms with Gasteiger partial charge in [0.1, 0.15) is 16.9 Å². The molecule has 1 heterocycles. The zero-order chi connectivity index (χ0) is 15.8. The monoisotopic (exact) mass is 292 g/mol. The summed E-state index contributed by atoms with van der Waals surface area (Å²) in [6.07, 6.45) is 1.16. The fourth-order valence-corrected chi connectivity index (χ4v) is 1.76. The van der Waals surface area contributed by atoms with Crippen LogP contribution in [0.2, 0.25) is 0 Å². The average Bonchev–Trinajstić information content (AvgIpc) is 2.32. The minimum Gasteiger partial charge on any atom is -0.507 e. The summed E-state index contributed by atoms with van der Waals surface area (Å²) in [5.74, 6) is -4.79. The second kappa shape index (κ2) is 4.93. The molecule has 1 aliphatic heterocycles. The van der Waals surface area contributed by atoms with Gasteiger partial charge in [0.05, 0.1) is 0 Å². The minimum absolute atomic E-state index is 0.265. The summed E-state index contributed by atoms with van der Waals surface area (Å²) in [5, 5.41) is 18.4. The highest BCUT2D eigenvalue weighted by atomic mass is 16.7. The van der Waals surface area contributed by atoms with E-state index in [9.17, 15) is 19.5 Å². The quantitative estimate of drug-likeness (QED) is 0.480. The van der Waals surface area contributed by atoms with E-state index in [0.717, 1.165) is 18.2 Å². The van der Waals surface area contributed by atoms with E-state index < -0.39 is 29.4 Å². The molecule has 0 amide bonds. The number of carboxylic acids is 1. The molecule has 0 spiro atoms. The van der Waals surface area contributed by atoms with Crippen LogP contribution in [0.3, 0.4) is 0 Å². The van der Waals surface area contributed by atoms with Crippen molar-refractivity contribution in [2.45, 2.75) is 19.6 Å². The number of hydrogen-bond acceptors (Lipinski definition) is 6. The van der Waals surface area contributed by atoms with Crippen LogP contribution >= 0.6 is 0 Å². The van der Waals surface area contributed by atoms with E-state index in [1.165, 1.54) is 19.9 Å². The molecule has 1 aromatic rings. The zero-order valence-electron chi connectivity index (χ0n) is 11.2. The molecule has 1 saturated heterocycles. The highest BCUT2D eigenvalue weighted by molar-refractivity contribution is 6.18. The minimum atomic E-state index is -1.33. The van der Waals surface area contributed by atoms with Crippen molar-refractivity contribution in [1.29, 1.82) is 0 Å². The van der Waals surface area contributed by atoms with Gasteiger partial charge in [-0.3, -0.25) is 0 Å². The van der Waals surface area contributed by atoms with Crippen LogP contribution in [0, 0.1) is 0 Å². The van der Waals surface area contributed by atoms with Gasteiger partial charge in [-0.2, -0.15) is 0 Å². The van der Waals surface area contributed by atoms with Gasteiger partial charge in [-0.1, -0.05) is 6.07 Å². The Labute approximate surface area is 119 Å². The summed E-state index contributed by atoms with van der Waals surface area (Å²) in [4.78, 5) is 34.2. The molecular weight excluding hydrogens is 280 g/mol. The lowest BCUT2D eigenvalue weighted by Crippen LogP contribution is -2.41. The predicted octanol–water partition coefficient (Wildman–Crippen LogP) is 1.31. The molecule has 2 N–H and O–H groups in total. The summed E-state index contributed by atoms with van der Waals surface area (Å²) in [6, 6.07) is 3.63. The summed E-state index contributed by atoms with van der Waals surface area (Å²) >= 11 is 0. The molecule has 0 aromatic heterocycles. The normalized spacial score (nSPS) is 17.0. The summed E-state index contributed by atoms with van der Waals surface area (Å²) < 4.78 is 9.83. The van der Waals surface area contributed by atoms with Crippen LogP contribution < -0.4 is 0 Å². The topological polar surface area (TPSA) is 110 Å². The van der Waals surface area contributed by atoms with Gasteiger partial charge in [-0.05, 0) is 23.8 Å². The molecule has 0 radical (unpaired) electrons. The molecule has 110 valence electrons. The Hall–Kier alpha value is -2.83. The van der Waals surface area contributed by atoms with Gasteiger partial charge in [0.25, 0.3) is 5.79 Å². The fraction of sp³-hybridized carbons (Fsp3) is 0.214. The van der Waals surface area contributed by atoms with E-state index >= 15 is 0 Å². The maximum absolute atomic E-state index is 11.7. The standard InChI is InChI=1S/C14H12O7/c1-14(2)20-12(18)9(13(19)21-14)5-7-3-4-8(11(16)17)10(15)6-7/h3-6,15H,1-2H3,(H,16,17). The number of esters is 2. The number of carboxylic acid groups (broad SMARTS) is 1. The lowest BCUT2D eigenvalue weighted by Gasteiger charge is -2.29. The van der Waals surface area contributed by atoms with Crippen LogP contribution in [0.5, 0.6) is 5.75 Å². The van der Waals surface area contributed by atoms with E-state index in [4.69, 9.17) is 14.6 Å². The third-order valence-electron chi connectivity index (χ3n) is 2.68. The predicted molar refractivity (Wildman–Crippen MR) is 69.3 cm³/mol. The largest absolute Gasteiger partial charge is 0.507 e. The third-order valence-corrected chi connectivity index (χ3v) is 2.68. The van der Waals surface area contributed by atoms with E-state index in [1.54, 1.807) is 0 Å². The molecule has 0 atom stereocenters. The van der Waals surface area contributed by atoms with Crippen molar-refractivity contribution in [3.8, 4) is 5.75 Å². The maximum Gasteiger partial charge on any atom is 0.348 e. The van der Waals surface area contributed by atoms with Crippen molar-refractivity contribution in [2.75, 3.05) is 0 Å². The zero-order valence-corrected chi connectivity index (χ0v) is 11.2. The summed E-state index contributed by atoms with van der Waals surface area (Å²) in [6.45, 7) is 2.85. The molecular formula is C14H12O7. The molecule has 0 bridgehead atoms. The second-order valence-corrected chi connectivity index (χ2v) is 4.82.